The van der Waals surface area contributed by atoms with Crippen LogP contribution in [0.3, 0.4) is 0 Å². The minimum Gasteiger partial charge on any atom is -0.404 e. The smallest absolute Gasteiger partial charge is 0.404 e. The van der Waals surface area contributed by atoms with E-state index < -0.39 is 35.8 Å². The van der Waals surface area contributed by atoms with Gasteiger partial charge in [-0.1, -0.05) is 82.6 Å². The monoisotopic (exact) mass is 666 g/mol. The van der Waals surface area contributed by atoms with Gasteiger partial charge in [-0.2, -0.15) is 26.3 Å². The molecule has 1 heterocycles. The van der Waals surface area contributed by atoms with Crippen LogP contribution in [0.2, 0.25) is 5.02 Å². The quantitative estimate of drug-likeness (QED) is 0.0796. The van der Waals surface area contributed by atoms with Crippen LogP contribution in [0, 0.1) is 25.9 Å². The molecule has 2 aliphatic rings. The Balaban J connectivity index is 1.85. The maximum atomic E-state index is 14.0. The standard InChI is InChI=1S/C35H41ClF6N4/c1-20(2)28-10-8-11-29(21(3)4)32(28)43-24(7)45-12-9-13-46(19-45)33(44-31-23(6)14-22(5)15-30(31)36)25-16-26(34(37,38)39)18-27(17-25)35(40,41)42/h8,10-11,14-17,19-21,25,43H,9,12-13,18H2,1-7H3. The number of halogens is 7. The lowest BCUT2D eigenvalue weighted by Gasteiger charge is -2.36. The largest absolute Gasteiger partial charge is 0.412 e. The van der Waals surface area contributed by atoms with E-state index >= 15 is 0 Å². The SMILES string of the molecule is Cc1cc(C)c(N=C(C2C=C(C(F)(F)F)CC(C(F)(F)F)=C2)N2C=[N+]([C-](C)Nc3c(C(C)C)cccc3C(C)C)CCC2)c(Cl)c1. The summed E-state index contributed by atoms with van der Waals surface area (Å²) in [6, 6.07) is 9.69. The van der Waals surface area contributed by atoms with Crippen LogP contribution >= 0.6 is 11.6 Å². The van der Waals surface area contributed by atoms with Crippen molar-refractivity contribution in [3.63, 3.8) is 0 Å². The van der Waals surface area contributed by atoms with E-state index in [2.05, 4.69) is 45.1 Å². The molecule has 4 rings (SSSR count). The molecule has 0 spiro atoms. The predicted octanol–water partition coefficient (Wildman–Crippen LogP) is 10.6. The van der Waals surface area contributed by atoms with Gasteiger partial charge in [-0.05, 0) is 54.0 Å². The van der Waals surface area contributed by atoms with Gasteiger partial charge in [-0.25, -0.2) is 4.99 Å². The van der Waals surface area contributed by atoms with E-state index in [1.165, 1.54) is 0 Å². The first-order chi connectivity index (χ1) is 21.4. The molecular formula is C35H41ClF6N4. The molecule has 1 aliphatic carbocycles. The summed E-state index contributed by atoms with van der Waals surface area (Å²) in [5.41, 5.74) is 2.58. The number of amidine groups is 1. The molecule has 0 unspecified atom stereocenters. The first kappa shape index (κ1) is 35.5. The summed E-state index contributed by atoms with van der Waals surface area (Å²) in [6.07, 6.45) is -6.36. The van der Waals surface area contributed by atoms with Gasteiger partial charge in [0, 0.05) is 35.8 Å². The Hall–Kier alpha value is -3.40. The number of alkyl halides is 6. The fraction of sp³-hybridized carbons (Fsp3) is 0.457. The van der Waals surface area contributed by atoms with Crippen LogP contribution in [-0.2, 0) is 0 Å². The maximum absolute atomic E-state index is 14.0. The lowest BCUT2D eigenvalue weighted by molar-refractivity contribution is -0.512. The third-order valence-electron chi connectivity index (χ3n) is 8.27. The molecule has 11 heteroatoms. The summed E-state index contributed by atoms with van der Waals surface area (Å²) < 4.78 is 85.7. The Morgan fingerprint density at radius 2 is 1.54 bits per heavy atom. The highest BCUT2D eigenvalue weighted by Gasteiger charge is 2.44. The van der Waals surface area contributed by atoms with Crippen molar-refractivity contribution in [1.82, 2.24) is 4.90 Å². The average Bonchev–Trinajstić information content (AvgIpc) is 2.95. The molecule has 4 nitrogen and oxygen atoms in total. The molecular weight excluding hydrogens is 626 g/mol. The second kappa shape index (κ2) is 13.8. The zero-order chi connectivity index (χ0) is 34.1. The number of aliphatic imine (C=N–C) groups is 1. The molecule has 1 aliphatic heterocycles. The molecule has 0 fully saturated rings. The highest BCUT2D eigenvalue weighted by atomic mass is 35.5. The van der Waals surface area contributed by atoms with Crippen LogP contribution in [0.1, 0.15) is 81.5 Å². The Labute approximate surface area is 272 Å². The first-order valence-corrected chi connectivity index (χ1v) is 15.8. The molecule has 250 valence electrons. The van der Waals surface area contributed by atoms with Crippen LogP contribution < -0.4 is 5.32 Å². The molecule has 0 aromatic heterocycles. The summed E-state index contributed by atoms with van der Waals surface area (Å²) in [4.78, 5) is 6.38. The molecule has 0 saturated heterocycles. The van der Waals surface area contributed by atoms with Gasteiger partial charge in [0.2, 0.25) is 0 Å². The number of benzene rings is 2. The average molecular weight is 667 g/mol. The highest BCUT2D eigenvalue weighted by molar-refractivity contribution is 6.33. The van der Waals surface area contributed by atoms with Crippen molar-refractivity contribution in [2.24, 2.45) is 10.9 Å². The highest BCUT2D eigenvalue weighted by Crippen LogP contribution is 2.42. The van der Waals surface area contributed by atoms with Crippen LogP contribution in [0.25, 0.3) is 0 Å². The van der Waals surface area contributed by atoms with E-state index in [-0.39, 0.29) is 22.7 Å². The van der Waals surface area contributed by atoms with Crippen LogP contribution in [-0.4, -0.2) is 47.1 Å². The zero-order valence-electron chi connectivity index (χ0n) is 27.2. The van der Waals surface area contributed by atoms with Crippen LogP contribution in [0.5, 0.6) is 0 Å². The maximum Gasteiger partial charge on any atom is 0.412 e. The van der Waals surface area contributed by atoms with Gasteiger partial charge in [0.05, 0.1) is 29.7 Å². The number of nitrogens with zero attached hydrogens (tertiary/aromatic N) is 3. The molecule has 2 aromatic carbocycles. The molecule has 2 aromatic rings. The minimum absolute atomic E-state index is 0.0278. The van der Waals surface area contributed by atoms with Gasteiger partial charge < -0.3 is 9.89 Å². The number of anilines is 1. The van der Waals surface area contributed by atoms with Gasteiger partial charge in [0.25, 0.3) is 0 Å². The number of hydrogen-bond donors (Lipinski definition) is 1. The van der Waals surface area contributed by atoms with E-state index in [1.807, 2.05) is 30.6 Å². The second-order valence-corrected chi connectivity index (χ2v) is 13.1. The lowest BCUT2D eigenvalue weighted by atomic mass is 9.89. The van der Waals surface area contributed by atoms with Crippen molar-refractivity contribution in [2.45, 2.75) is 85.5 Å². The molecule has 0 bridgehead atoms. The fourth-order valence-corrected chi connectivity index (χ4v) is 6.27. The van der Waals surface area contributed by atoms with Crippen molar-refractivity contribution < 1.29 is 30.9 Å². The van der Waals surface area contributed by atoms with E-state index in [1.54, 1.807) is 24.2 Å². The van der Waals surface area contributed by atoms with E-state index in [4.69, 9.17) is 16.6 Å². The summed E-state index contributed by atoms with van der Waals surface area (Å²) in [7, 11) is 0. The Bertz CT molecular complexity index is 1490. The number of rotatable bonds is 7. The molecule has 0 radical (unpaired) electrons. The summed E-state index contributed by atoms with van der Waals surface area (Å²) in [6.45, 7) is 14.9. The number of nitrogens with one attached hydrogen (secondary N) is 1. The lowest BCUT2D eigenvalue weighted by Crippen LogP contribution is -2.44. The van der Waals surface area contributed by atoms with Crippen LogP contribution in [0.15, 0.2) is 58.6 Å². The van der Waals surface area contributed by atoms with Gasteiger partial charge in [0.15, 0.2) is 5.84 Å². The second-order valence-electron chi connectivity index (χ2n) is 12.7. The third-order valence-corrected chi connectivity index (χ3v) is 8.56. The topological polar surface area (TPSA) is 30.6 Å². The molecule has 46 heavy (non-hydrogen) atoms. The molecule has 1 N–H and O–H groups in total. The van der Waals surface area contributed by atoms with E-state index in [9.17, 15) is 26.3 Å². The van der Waals surface area contributed by atoms with Crippen LogP contribution in [0.4, 0.5) is 37.7 Å². The Morgan fingerprint density at radius 3 is 2.04 bits per heavy atom. The fourth-order valence-electron chi connectivity index (χ4n) is 5.91. The zero-order valence-corrected chi connectivity index (χ0v) is 27.9. The number of para-hydroxylation sites is 1. The summed E-state index contributed by atoms with van der Waals surface area (Å²) in [5, 5.41) is 3.84. The van der Waals surface area contributed by atoms with Gasteiger partial charge in [-0.15, -0.1) is 0 Å². The van der Waals surface area contributed by atoms with Crippen molar-refractivity contribution in [3.8, 4) is 0 Å². The summed E-state index contributed by atoms with van der Waals surface area (Å²) >= 11 is 6.56. The minimum atomic E-state index is -4.94. The molecule has 0 amide bonds. The van der Waals surface area contributed by atoms with Crippen molar-refractivity contribution in [2.75, 3.05) is 18.4 Å². The summed E-state index contributed by atoms with van der Waals surface area (Å²) in [5.74, 6) is -0.891. The van der Waals surface area contributed by atoms with Crippen molar-refractivity contribution >= 4 is 35.1 Å². The number of aryl methyl sites for hydroxylation is 2. The normalized spacial score (nSPS) is 16.9. The van der Waals surface area contributed by atoms with Gasteiger partial charge in [-0.3, -0.25) is 4.90 Å². The van der Waals surface area contributed by atoms with E-state index in [0.717, 1.165) is 40.7 Å². The van der Waals surface area contributed by atoms with Gasteiger partial charge >= 0.3 is 12.4 Å². The number of allylic oxidation sites excluding steroid dienone is 2. The van der Waals surface area contributed by atoms with E-state index in [0.29, 0.717) is 30.8 Å². The van der Waals surface area contributed by atoms with Crippen molar-refractivity contribution in [3.05, 3.63) is 87.1 Å². The van der Waals surface area contributed by atoms with Crippen molar-refractivity contribution in [1.29, 1.82) is 0 Å². The third kappa shape index (κ3) is 8.11. The first-order valence-electron chi connectivity index (χ1n) is 15.4. The Kier molecular flexibility index (Phi) is 10.6. The van der Waals surface area contributed by atoms with Gasteiger partial charge in [0.1, 0.15) is 6.34 Å². The molecule has 0 atom stereocenters. The number of hydrogen-bond acceptors (Lipinski definition) is 2. The Morgan fingerprint density at radius 1 is 0.978 bits per heavy atom. The molecule has 0 saturated carbocycles. The predicted molar refractivity (Wildman–Crippen MR) is 174 cm³/mol.